The van der Waals surface area contributed by atoms with Gasteiger partial charge in [-0.05, 0) is 107 Å². The Hall–Kier alpha value is -11.6. The van der Waals surface area contributed by atoms with Crippen molar-refractivity contribution in [3.05, 3.63) is 231 Å². The molecule has 0 radical (unpaired) electrons. The van der Waals surface area contributed by atoms with Crippen molar-refractivity contribution in [2.75, 3.05) is 94.9 Å². The lowest BCUT2D eigenvalue weighted by Crippen LogP contribution is -2.50. The Kier molecular flexibility index (Phi) is 19.3. The zero-order valence-electron chi connectivity index (χ0n) is 61.8. The predicted octanol–water partition coefficient (Wildman–Crippen LogP) is 11.6. The number of alkyl halides is 2. The van der Waals surface area contributed by atoms with Gasteiger partial charge in [-0.1, -0.05) is 36.4 Å². The Morgan fingerprint density at radius 2 is 0.737 bits per heavy atom. The lowest BCUT2D eigenvalue weighted by Gasteiger charge is -2.36. The maximum atomic E-state index is 13.7. The first kappa shape index (κ1) is 72.6. The molecular formula is C84H79F5N18O7. The monoisotopic (exact) mass is 1550 g/mol. The predicted molar refractivity (Wildman–Crippen MR) is 414 cm³/mol. The number of aliphatic hydroxyl groups excluding tert-OH is 1. The summed E-state index contributed by atoms with van der Waals surface area (Å²) in [6, 6.07) is 31.8. The summed E-state index contributed by atoms with van der Waals surface area (Å²) in [4.78, 5) is 72.9. The molecule has 114 heavy (non-hydrogen) atoms. The molecular weight excluding hydrogens is 1470 g/mol. The highest BCUT2D eigenvalue weighted by molar-refractivity contribution is 6.08. The van der Waals surface area contributed by atoms with Gasteiger partial charge in [0.2, 0.25) is 0 Å². The van der Waals surface area contributed by atoms with Crippen LogP contribution in [0.2, 0.25) is 0 Å². The first-order chi connectivity index (χ1) is 55.6. The van der Waals surface area contributed by atoms with Crippen LogP contribution < -0.4 is 31.9 Å². The molecule has 0 saturated carbocycles. The van der Waals surface area contributed by atoms with Crippen molar-refractivity contribution in [2.45, 2.75) is 94.7 Å². The highest BCUT2D eigenvalue weighted by Crippen LogP contribution is 2.42. The number of imidazole rings is 3. The van der Waals surface area contributed by atoms with Crippen LogP contribution in [-0.4, -0.2) is 178 Å². The van der Waals surface area contributed by atoms with Gasteiger partial charge < -0.3 is 51.2 Å². The van der Waals surface area contributed by atoms with E-state index in [-0.39, 0.29) is 53.1 Å². The number of rotatable bonds is 18. The molecule has 6 saturated heterocycles. The maximum absolute atomic E-state index is 13.7. The van der Waals surface area contributed by atoms with E-state index in [9.17, 15) is 41.4 Å². The topological polar surface area (TPSA) is 272 Å². The van der Waals surface area contributed by atoms with E-state index >= 15 is 0 Å². The zero-order valence-corrected chi connectivity index (χ0v) is 61.8. The van der Waals surface area contributed by atoms with Crippen LogP contribution in [-0.2, 0) is 53.5 Å². The van der Waals surface area contributed by atoms with Crippen LogP contribution in [0.25, 0.3) is 50.7 Å². The molecule has 9 aliphatic rings. The van der Waals surface area contributed by atoms with Crippen molar-refractivity contribution in [2.24, 2.45) is 0 Å². The average Bonchev–Trinajstić information content (AvgIpc) is 1.60. The van der Waals surface area contributed by atoms with Crippen LogP contribution in [0, 0.1) is 17.5 Å². The van der Waals surface area contributed by atoms with Crippen LogP contribution in [0.15, 0.2) is 146 Å². The summed E-state index contributed by atoms with van der Waals surface area (Å²) in [5.41, 5.74) is 18.9. The second-order valence-corrected chi connectivity index (χ2v) is 30.4. The SMILES string of the molecule is O=C1NCc2c(-c3cnc4cc(F)ccn34)ccc(Nc3ccc([C@@H]4CCOC4)c(CN4CC(F)C4)n3)c21.O=C1NCc2c(-c3cnc4cc(F)ccn34)ccc(Nc3ccc([C@H]4CCOC4)c(CN4CC(F)C4)n3)c21.O=C1NCc2c(-c3cnc4cc(F)ccn34)ccc(Nc3ccc([C@H]4CCOC4)c(CN4CC(O)C4)n3)c21. The number of carbonyl (C=O) groups is 3. The molecule has 0 aliphatic carbocycles. The number of hydrogen-bond acceptors (Lipinski definition) is 19. The summed E-state index contributed by atoms with van der Waals surface area (Å²) in [6.45, 7) is 10.2. The van der Waals surface area contributed by atoms with Crippen molar-refractivity contribution < 1.29 is 55.7 Å². The summed E-state index contributed by atoms with van der Waals surface area (Å²) >= 11 is 0. The van der Waals surface area contributed by atoms with E-state index in [1.807, 2.05) is 67.8 Å². The summed E-state index contributed by atoms with van der Waals surface area (Å²) in [5.74, 6) is 1.23. The van der Waals surface area contributed by atoms with E-state index in [0.29, 0.717) is 172 Å². The van der Waals surface area contributed by atoms with Gasteiger partial charge in [0.1, 0.15) is 64.2 Å². The summed E-state index contributed by atoms with van der Waals surface area (Å²) in [5, 5.41) is 28.7. The molecule has 25 nitrogen and oxygen atoms in total. The number of ether oxygens (including phenoxy) is 3. The van der Waals surface area contributed by atoms with Crippen molar-refractivity contribution in [3.63, 3.8) is 0 Å². The Morgan fingerprint density at radius 1 is 0.421 bits per heavy atom. The van der Waals surface area contributed by atoms with E-state index in [4.69, 9.17) is 29.2 Å². The van der Waals surface area contributed by atoms with Gasteiger partial charge in [0.15, 0.2) is 0 Å². The van der Waals surface area contributed by atoms with Gasteiger partial charge in [0.05, 0.1) is 112 Å². The Morgan fingerprint density at radius 3 is 1.03 bits per heavy atom. The third-order valence-corrected chi connectivity index (χ3v) is 23.0. The number of benzene rings is 3. The van der Waals surface area contributed by atoms with Gasteiger partial charge in [-0.2, -0.15) is 0 Å². The molecule has 0 unspecified atom stereocenters. The normalized spacial score (nSPS) is 19.5. The van der Waals surface area contributed by atoms with Crippen LogP contribution in [0.1, 0.15) is 119 Å². The Labute approximate surface area is 649 Å². The number of carbonyl (C=O) groups excluding carboxylic acids is 3. The largest absolute Gasteiger partial charge is 0.390 e. The minimum absolute atomic E-state index is 0.154. The first-order valence-electron chi connectivity index (χ1n) is 38.5. The quantitative estimate of drug-likeness (QED) is 0.0393. The standard InChI is InChI=1S/2C28H26F2N6O2.C28H27FN6O3/c2*29-17-5-7-36-24(11-31-26(36)9-17)20-1-3-22(27-21(20)10-32-28(27)37)33-25-4-2-19(16-6-8-38-15-16)23(34-25)14-35-12-18(30)13-35;29-17-5-7-35-24(11-30-26(35)9-17)20-1-3-22(27-21(20)10-31-28(27)37)32-25-4-2-19(16-6-8-38-15-16)23(33-25)14-34-12-18(36)13-34/h2*1-5,7,9,11,16,18H,6,8,10,12-15H2,(H,32,37)(H,33,34);1-5,7,9,11,16,18,36H,6,8,10,12-15H2,(H,31,37)(H,32,33)/t3*16-/m100/s1. The van der Waals surface area contributed by atoms with Crippen LogP contribution >= 0.6 is 0 Å². The summed E-state index contributed by atoms with van der Waals surface area (Å²) < 4.78 is 90.3. The van der Waals surface area contributed by atoms with E-state index < -0.39 is 12.3 Å². The highest BCUT2D eigenvalue weighted by Gasteiger charge is 2.36. The fourth-order valence-electron chi connectivity index (χ4n) is 17.1. The second-order valence-electron chi connectivity index (χ2n) is 30.4. The molecule has 582 valence electrons. The molecule has 7 N–H and O–H groups in total. The van der Waals surface area contributed by atoms with Crippen molar-refractivity contribution >= 4 is 69.2 Å². The summed E-state index contributed by atoms with van der Waals surface area (Å²) in [6.07, 6.45) is 11.0. The molecule has 12 aromatic rings. The van der Waals surface area contributed by atoms with E-state index in [2.05, 4.69) is 79.8 Å². The molecule has 0 bridgehead atoms. The van der Waals surface area contributed by atoms with Crippen molar-refractivity contribution in [1.29, 1.82) is 0 Å². The number of hydrogen-bond donors (Lipinski definition) is 7. The number of aliphatic hydroxyl groups is 1. The minimum atomic E-state index is -0.777. The molecule has 0 spiro atoms. The van der Waals surface area contributed by atoms with Crippen LogP contribution in [0.5, 0.6) is 0 Å². The van der Waals surface area contributed by atoms with Gasteiger partial charge >= 0.3 is 0 Å². The third kappa shape index (κ3) is 14.2. The number of fused-ring (bicyclic) bond motifs is 6. The number of likely N-dealkylation sites (tertiary alicyclic amines) is 3. The van der Waals surface area contributed by atoms with Crippen LogP contribution in [0.4, 0.5) is 56.5 Å². The molecule has 9 aliphatic heterocycles. The number of nitrogens with zero attached hydrogens (tertiary/aromatic N) is 12. The van der Waals surface area contributed by atoms with Gasteiger partial charge in [0, 0.05) is 170 Å². The molecule has 3 aromatic carbocycles. The van der Waals surface area contributed by atoms with Gasteiger partial charge in [-0.25, -0.2) is 51.9 Å². The number of pyridine rings is 6. The molecule has 6 fully saturated rings. The van der Waals surface area contributed by atoms with Gasteiger partial charge in [-0.15, -0.1) is 0 Å². The molecule has 18 heterocycles. The average molecular weight is 1550 g/mol. The fourth-order valence-corrected chi connectivity index (χ4v) is 17.1. The molecule has 3 atom stereocenters. The van der Waals surface area contributed by atoms with E-state index in [1.54, 1.807) is 37.2 Å². The van der Waals surface area contributed by atoms with Gasteiger partial charge in [-0.3, -0.25) is 42.3 Å². The van der Waals surface area contributed by atoms with Crippen molar-refractivity contribution in [1.82, 2.24) is 73.8 Å². The van der Waals surface area contributed by atoms with E-state index in [1.165, 1.54) is 42.0 Å². The fraction of sp³-hybridized carbons (Fsp3) is 0.321. The smallest absolute Gasteiger partial charge is 0.254 e. The van der Waals surface area contributed by atoms with Gasteiger partial charge in [0.25, 0.3) is 17.7 Å². The second kappa shape index (κ2) is 30.4. The molecule has 9 aromatic heterocycles. The number of nitrogens with one attached hydrogen (secondary N) is 6. The zero-order chi connectivity index (χ0) is 77.4. The number of β-amino-alcohol motifs (C(OH)–C–C–N with tert-alkyl or cyclic N) is 1. The first-order valence-corrected chi connectivity index (χ1v) is 38.5. The maximum Gasteiger partial charge on any atom is 0.254 e. The van der Waals surface area contributed by atoms with Crippen molar-refractivity contribution in [3.8, 4) is 33.8 Å². The number of amides is 3. The summed E-state index contributed by atoms with van der Waals surface area (Å²) in [7, 11) is 0. The number of anilines is 6. The molecule has 21 rings (SSSR count). The lowest BCUT2D eigenvalue weighted by atomic mass is 9.96. The minimum Gasteiger partial charge on any atom is -0.390 e. The lowest BCUT2D eigenvalue weighted by molar-refractivity contribution is -0.00374. The molecule has 3 amide bonds. The third-order valence-electron chi connectivity index (χ3n) is 23.0. The molecule has 30 heteroatoms. The number of halogens is 5. The Balaban J connectivity index is 0.000000115. The van der Waals surface area contributed by atoms with E-state index in [0.717, 1.165) is 118 Å². The number of aromatic nitrogens is 9. The van der Waals surface area contributed by atoms with Crippen LogP contribution in [0.3, 0.4) is 0 Å². The Bertz CT molecular complexity index is 5230. The highest BCUT2D eigenvalue weighted by atomic mass is 19.1.